The number of carbonyl (C=O) groups excluding carboxylic acids is 1. The van der Waals surface area contributed by atoms with Crippen molar-refractivity contribution in [1.82, 2.24) is 15.3 Å². The predicted octanol–water partition coefficient (Wildman–Crippen LogP) is 3.80. The Bertz CT molecular complexity index is 885. The van der Waals surface area contributed by atoms with Gasteiger partial charge in [0.25, 0.3) is 0 Å². The minimum absolute atomic E-state index is 0.0392. The van der Waals surface area contributed by atoms with Gasteiger partial charge in [-0.15, -0.1) is 6.58 Å². The molecule has 2 aromatic rings. The molecule has 0 radical (unpaired) electrons. The molecule has 1 amide bonds. The molecule has 0 spiro atoms. The number of rotatable bonds is 8. The Balaban J connectivity index is 1.60. The van der Waals surface area contributed by atoms with Crippen LogP contribution in [0.3, 0.4) is 0 Å². The molecule has 1 N–H and O–H groups in total. The monoisotopic (exact) mass is 412 g/mol. The van der Waals surface area contributed by atoms with E-state index in [1.54, 1.807) is 6.08 Å². The zero-order valence-corrected chi connectivity index (χ0v) is 17.8. The van der Waals surface area contributed by atoms with Crippen LogP contribution in [0.1, 0.15) is 50.4 Å². The zero-order valence-electron chi connectivity index (χ0n) is 17.8. The molecule has 1 aliphatic heterocycles. The molecule has 160 valence electrons. The van der Waals surface area contributed by atoms with Gasteiger partial charge in [-0.25, -0.2) is 14.4 Å². The third-order valence-electron chi connectivity index (χ3n) is 5.20. The van der Waals surface area contributed by atoms with E-state index in [-0.39, 0.29) is 23.8 Å². The Hall–Kier alpha value is -2.96. The van der Waals surface area contributed by atoms with Crippen molar-refractivity contribution < 1.29 is 13.9 Å². The molecule has 2 atom stereocenters. The fourth-order valence-electron chi connectivity index (χ4n) is 3.39. The van der Waals surface area contributed by atoms with Gasteiger partial charge in [0.15, 0.2) is 11.6 Å². The van der Waals surface area contributed by atoms with Crippen molar-refractivity contribution in [3.05, 3.63) is 60.3 Å². The summed E-state index contributed by atoms with van der Waals surface area (Å²) in [7, 11) is 0. The van der Waals surface area contributed by atoms with Gasteiger partial charge < -0.3 is 15.0 Å². The standard InChI is InChI=1S/C23H29FN4O2/c1-5-11-25-23(29)16(4)17-6-8-18(9-7-17)30-19-10-12-28(14-19)22-20(24)13-26-21(27-22)15(2)3/h5-9,13,15-16,19H,1,10-12,14H2,2-4H3,(H,25,29)/t16?,19-/m1/s1. The number of amides is 1. The summed E-state index contributed by atoms with van der Waals surface area (Å²) in [6.07, 6.45) is 3.63. The minimum Gasteiger partial charge on any atom is -0.489 e. The number of hydrogen-bond donors (Lipinski definition) is 1. The van der Waals surface area contributed by atoms with Crippen LogP contribution < -0.4 is 15.0 Å². The van der Waals surface area contributed by atoms with Crippen molar-refractivity contribution in [2.45, 2.75) is 45.1 Å². The number of halogens is 1. The molecule has 7 heteroatoms. The number of hydrogen-bond acceptors (Lipinski definition) is 5. The second kappa shape index (κ2) is 9.69. The number of ether oxygens (including phenoxy) is 1. The molecule has 1 aromatic heterocycles. The van der Waals surface area contributed by atoms with E-state index in [0.717, 1.165) is 17.7 Å². The van der Waals surface area contributed by atoms with Crippen LogP contribution in [0.25, 0.3) is 0 Å². The van der Waals surface area contributed by atoms with Crippen LogP contribution >= 0.6 is 0 Å². The molecule has 0 saturated carbocycles. The van der Waals surface area contributed by atoms with Gasteiger partial charge in [-0.2, -0.15) is 0 Å². The van der Waals surface area contributed by atoms with E-state index >= 15 is 0 Å². The third-order valence-corrected chi connectivity index (χ3v) is 5.20. The Morgan fingerprint density at radius 3 is 2.77 bits per heavy atom. The molecular weight excluding hydrogens is 383 g/mol. The topological polar surface area (TPSA) is 67.3 Å². The Morgan fingerprint density at radius 2 is 2.10 bits per heavy atom. The van der Waals surface area contributed by atoms with Crippen LogP contribution in [-0.2, 0) is 4.79 Å². The average molecular weight is 413 g/mol. The molecular formula is C23H29FN4O2. The fraction of sp³-hybridized carbons (Fsp3) is 0.435. The van der Waals surface area contributed by atoms with E-state index in [1.165, 1.54) is 6.20 Å². The third kappa shape index (κ3) is 5.14. The first-order chi connectivity index (χ1) is 14.4. The van der Waals surface area contributed by atoms with Gasteiger partial charge in [-0.1, -0.05) is 32.1 Å². The van der Waals surface area contributed by atoms with Crippen LogP contribution in [0.2, 0.25) is 0 Å². The number of nitrogens with zero attached hydrogens (tertiary/aromatic N) is 3. The molecule has 0 aliphatic carbocycles. The summed E-state index contributed by atoms with van der Waals surface area (Å²) in [4.78, 5) is 22.5. The molecule has 0 bridgehead atoms. The summed E-state index contributed by atoms with van der Waals surface area (Å²) < 4.78 is 20.3. The van der Waals surface area contributed by atoms with Crippen molar-refractivity contribution in [2.24, 2.45) is 0 Å². The maximum atomic E-state index is 14.3. The quantitative estimate of drug-likeness (QED) is 0.668. The highest BCUT2D eigenvalue weighted by Gasteiger charge is 2.28. The zero-order chi connectivity index (χ0) is 21.7. The van der Waals surface area contributed by atoms with E-state index in [9.17, 15) is 9.18 Å². The highest BCUT2D eigenvalue weighted by atomic mass is 19.1. The van der Waals surface area contributed by atoms with Crippen LogP contribution in [0.15, 0.2) is 43.1 Å². The van der Waals surface area contributed by atoms with E-state index in [4.69, 9.17) is 4.74 Å². The first-order valence-corrected chi connectivity index (χ1v) is 10.3. The maximum Gasteiger partial charge on any atom is 0.227 e. The van der Waals surface area contributed by atoms with Crippen LogP contribution in [0.5, 0.6) is 5.75 Å². The Morgan fingerprint density at radius 1 is 1.37 bits per heavy atom. The molecule has 1 aromatic carbocycles. The second-order valence-corrected chi connectivity index (χ2v) is 7.85. The summed E-state index contributed by atoms with van der Waals surface area (Å²) in [5.41, 5.74) is 0.918. The first-order valence-electron chi connectivity index (χ1n) is 10.3. The molecule has 1 fully saturated rings. The van der Waals surface area contributed by atoms with Crippen LogP contribution in [0, 0.1) is 5.82 Å². The van der Waals surface area contributed by atoms with Gasteiger partial charge in [0.1, 0.15) is 17.7 Å². The van der Waals surface area contributed by atoms with Gasteiger partial charge in [0, 0.05) is 25.4 Å². The van der Waals surface area contributed by atoms with Gasteiger partial charge in [-0.3, -0.25) is 4.79 Å². The summed E-state index contributed by atoms with van der Waals surface area (Å²) in [6, 6.07) is 7.55. The first kappa shape index (κ1) is 21.7. The molecule has 1 saturated heterocycles. The number of aromatic nitrogens is 2. The van der Waals surface area contributed by atoms with Crippen LogP contribution in [-0.4, -0.2) is 41.6 Å². The SMILES string of the molecule is C=CCNC(=O)C(C)c1ccc(O[C@@H]2CCN(c3nc(C(C)C)ncc3F)C2)cc1. The number of nitrogens with one attached hydrogen (secondary N) is 1. The lowest BCUT2D eigenvalue weighted by Crippen LogP contribution is -2.28. The minimum atomic E-state index is -0.409. The summed E-state index contributed by atoms with van der Waals surface area (Å²) >= 11 is 0. The highest BCUT2D eigenvalue weighted by Crippen LogP contribution is 2.26. The second-order valence-electron chi connectivity index (χ2n) is 7.85. The predicted molar refractivity (Wildman–Crippen MR) is 115 cm³/mol. The number of carbonyl (C=O) groups is 1. The van der Waals surface area contributed by atoms with Gasteiger partial charge in [0.05, 0.1) is 18.7 Å². The fourth-order valence-corrected chi connectivity index (χ4v) is 3.39. The number of benzene rings is 1. The lowest BCUT2D eigenvalue weighted by Gasteiger charge is -2.19. The van der Waals surface area contributed by atoms with Crippen LogP contribution in [0.4, 0.5) is 10.2 Å². The largest absolute Gasteiger partial charge is 0.489 e. The maximum absolute atomic E-state index is 14.3. The van der Waals surface area contributed by atoms with E-state index in [0.29, 0.717) is 31.3 Å². The van der Waals surface area contributed by atoms with E-state index in [1.807, 2.05) is 49.9 Å². The van der Waals surface area contributed by atoms with Crippen molar-refractivity contribution in [3.8, 4) is 5.75 Å². The van der Waals surface area contributed by atoms with E-state index < -0.39 is 5.82 Å². The molecule has 30 heavy (non-hydrogen) atoms. The lowest BCUT2D eigenvalue weighted by atomic mass is 10.0. The molecule has 1 aliphatic rings. The highest BCUT2D eigenvalue weighted by molar-refractivity contribution is 5.83. The smallest absolute Gasteiger partial charge is 0.227 e. The summed E-state index contributed by atoms with van der Waals surface area (Å²) in [6.45, 7) is 11.1. The van der Waals surface area contributed by atoms with E-state index in [2.05, 4.69) is 21.9 Å². The van der Waals surface area contributed by atoms with Crippen molar-refractivity contribution in [1.29, 1.82) is 0 Å². The van der Waals surface area contributed by atoms with Gasteiger partial charge >= 0.3 is 0 Å². The summed E-state index contributed by atoms with van der Waals surface area (Å²) in [5.74, 6) is 1.15. The van der Waals surface area contributed by atoms with Crippen molar-refractivity contribution in [2.75, 3.05) is 24.5 Å². The number of anilines is 1. The Kier molecular flexibility index (Phi) is 7.03. The molecule has 3 rings (SSSR count). The summed E-state index contributed by atoms with van der Waals surface area (Å²) in [5, 5.41) is 2.80. The average Bonchev–Trinajstić information content (AvgIpc) is 3.20. The molecule has 6 nitrogen and oxygen atoms in total. The van der Waals surface area contributed by atoms with Gasteiger partial charge in [0.2, 0.25) is 5.91 Å². The van der Waals surface area contributed by atoms with Crippen molar-refractivity contribution >= 4 is 11.7 Å². The normalized spacial score (nSPS) is 17.1. The molecule has 2 heterocycles. The molecule has 1 unspecified atom stereocenters. The Labute approximate surface area is 177 Å². The van der Waals surface area contributed by atoms with Gasteiger partial charge in [-0.05, 0) is 24.6 Å². The van der Waals surface area contributed by atoms with Crippen molar-refractivity contribution in [3.63, 3.8) is 0 Å². The lowest BCUT2D eigenvalue weighted by molar-refractivity contribution is -0.122.